The number of carbonyl (C=O) groups is 1. The number of hydrogen-bond donors (Lipinski definition) is 2. The maximum Gasteiger partial charge on any atom is 0.271 e. The fourth-order valence-electron chi connectivity index (χ4n) is 1.62. The number of hydrazone groups is 1. The zero-order valence-corrected chi connectivity index (χ0v) is 11.8. The molecule has 7 nitrogen and oxygen atoms in total. The minimum Gasteiger partial charge on any atom is -0.508 e. The van der Waals surface area contributed by atoms with Crippen LogP contribution in [0, 0.1) is 10.1 Å². The molecule has 0 aliphatic carbocycles. The summed E-state index contributed by atoms with van der Waals surface area (Å²) in [5, 5.41) is 23.9. The molecule has 0 atom stereocenters. The Hall–Kier alpha value is -2.93. The smallest absolute Gasteiger partial charge is 0.271 e. The van der Waals surface area contributed by atoms with E-state index in [2.05, 4.69) is 10.5 Å². The van der Waals surface area contributed by atoms with Gasteiger partial charge >= 0.3 is 0 Å². The van der Waals surface area contributed by atoms with Crippen LogP contribution in [0.15, 0.2) is 47.6 Å². The lowest BCUT2D eigenvalue weighted by Crippen LogP contribution is -2.17. The summed E-state index contributed by atoms with van der Waals surface area (Å²) in [5.41, 5.74) is 2.63. The van der Waals surface area contributed by atoms with E-state index >= 15 is 0 Å². The molecular weight excluding hydrogens is 310 g/mol. The molecule has 0 fully saturated rings. The van der Waals surface area contributed by atoms with Crippen LogP contribution < -0.4 is 5.43 Å². The van der Waals surface area contributed by atoms with Gasteiger partial charge in [0.25, 0.3) is 11.6 Å². The molecule has 1 amide bonds. The topological polar surface area (TPSA) is 105 Å². The number of carbonyl (C=O) groups excluding carboxylic acids is 1. The molecule has 8 heteroatoms. The van der Waals surface area contributed by atoms with E-state index in [0.717, 1.165) is 0 Å². The summed E-state index contributed by atoms with van der Waals surface area (Å²) in [5.74, 6) is -0.577. The first kappa shape index (κ1) is 15.5. The lowest BCUT2D eigenvalue weighted by molar-refractivity contribution is -0.384. The highest BCUT2D eigenvalue weighted by Gasteiger charge is 2.09. The third kappa shape index (κ3) is 3.80. The lowest BCUT2D eigenvalue weighted by atomic mass is 10.2. The zero-order chi connectivity index (χ0) is 16.1. The Morgan fingerprint density at radius 1 is 1.32 bits per heavy atom. The van der Waals surface area contributed by atoms with Gasteiger partial charge in [0.2, 0.25) is 0 Å². The second-order valence-electron chi connectivity index (χ2n) is 4.21. The molecule has 2 aromatic rings. The van der Waals surface area contributed by atoms with Gasteiger partial charge in [-0.15, -0.1) is 0 Å². The maximum absolute atomic E-state index is 11.8. The molecule has 0 aliphatic rings. The molecular formula is C14H10ClN3O4. The second kappa shape index (κ2) is 6.68. The van der Waals surface area contributed by atoms with Crippen LogP contribution in [0.2, 0.25) is 5.02 Å². The molecule has 0 unspecified atom stereocenters. The van der Waals surface area contributed by atoms with Gasteiger partial charge in [0.05, 0.1) is 11.1 Å². The predicted molar refractivity (Wildman–Crippen MR) is 81.3 cm³/mol. The van der Waals surface area contributed by atoms with Gasteiger partial charge < -0.3 is 5.11 Å². The molecule has 0 aliphatic heterocycles. The van der Waals surface area contributed by atoms with Crippen molar-refractivity contribution in [3.63, 3.8) is 0 Å². The largest absolute Gasteiger partial charge is 0.508 e. The quantitative estimate of drug-likeness (QED) is 0.513. The van der Waals surface area contributed by atoms with Crippen molar-refractivity contribution in [1.82, 2.24) is 5.43 Å². The fraction of sp³-hybridized carbons (Fsp3) is 0. The number of phenolic OH excluding ortho intramolecular Hbond substituents is 1. The number of nitro groups is 1. The molecule has 22 heavy (non-hydrogen) atoms. The number of non-ortho nitro benzene ring substituents is 1. The Morgan fingerprint density at radius 3 is 2.77 bits per heavy atom. The van der Waals surface area contributed by atoms with E-state index < -0.39 is 10.8 Å². The van der Waals surface area contributed by atoms with E-state index in [1.54, 1.807) is 0 Å². The monoisotopic (exact) mass is 319 g/mol. The Labute approximate surface area is 130 Å². The third-order valence-electron chi connectivity index (χ3n) is 2.67. The molecule has 0 heterocycles. The SMILES string of the molecule is O=C(N/N=C\c1cc([N+](=O)[O-])ccc1Cl)c1cccc(O)c1. The minimum atomic E-state index is -0.557. The van der Waals surface area contributed by atoms with Crippen molar-refractivity contribution in [2.45, 2.75) is 0 Å². The van der Waals surface area contributed by atoms with Gasteiger partial charge in [0.15, 0.2) is 0 Å². The van der Waals surface area contributed by atoms with E-state index in [-0.39, 0.29) is 22.0 Å². The van der Waals surface area contributed by atoms with Crippen LogP contribution in [0.4, 0.5) is 5.69 Å². The summed E-state index contributed by atoms with van der Waals surface area (Å²) in [4.78, 5) is 21.9. The second-order valence-corrected chi connectivity index (χ2v) is 4.62. The summed E-state index contributed by atoms with van der Waals surface area (Å²) in [6.07, 6.45) is 1.20. The highest BCUT2D eigenvalue weighted by Crippen LogP contribution is 2.20. The van der Waals surface area contributed by atoms with Crippen molar-refractivity contribution in [2.75, 3.05) is 0 Å². The van der Waals surface area contributed by atoms with Crippen LogP contribution >= 0.6 is 11.6 Å². The first-order chi connectivity index (χ1) is 10.5. The fourth-order valence-corrected chi connectivity index (χ4v) is 1.78. The van der Waals surface area contributed by atoms with Gasteiger partial charge in [-0.2, -0.15) is 5.10 Å². The van der Waals surface area contributed by atoms with Crippen LogP contribution in [0.3, 0.4) is 0 Å². The van der Waals surface area contributed by atoms with E-state index in [0.29, 0.717) is 5.56 Å². The molecule has 0 saturated carbocycles. The number of nitro benzene ring substituents is 1. The molecule has 0 saturated heterocycles. The summed E-state index contributed by atoms with van der Waals surface area (Å²) in [6, 6.07) is 9.62. The van der Waals surface area contributed by atoms with Gasteiger partial charge in [-0.05, 0) is 24.3 Å². The molecule has 0 spiro atoms. The minimum absolute atomic E-state index is 0.0432. The third-order valence-corrected chi connectivity index (χ3v) is 3.01. The first-order valence-electron chi connectivity index (χ1n) is 6.04. The summed E-state index contributed by atoms with van der Waals surface area (Å²) < 4.78 is 0. The summed E-state index contributed by atoms with van der Waals surface area (Å²) in [7, 11) is 0. The number of nitrogens with zero attached hydrogens (tertiary/aromatic N) is 2. The van der Waals surface area contributed by atoms with Crippen LogP contribution in [0.25, 0.3) is 0 Å². The van der Waals surface area contributed by atoms with Gasteiger partial charge in [0, 0.05) is 28.3 Å². The van der Waals surface area contributed by atoms with Crippen molar-refractivity contribution in [3.8, 4) is 5.75 Å². The number of amides is 1. The molecule has 0 bridgehead atoms. The Bertz CT molecular complexity index is 762. The van der Waals surface area contributed by atoms with E-state index in [1.165, 1.54) is 48.7 Å². The number of benzene rings is 2. The van der Waals surface area contributed by atoms with Crippen LogP contribution in [-0.4, -0.2) is 22.2 Å². The Morgan fingerprint density at radius 2 is 2.09 bits per heavy atom. The number of nitrogens with one attached hydrogen (secondary N) is 1. The van der Waals surface area contributed by atoms with Gasteiger partial charge in [-0.3, -0.25) is 14.9 Å². The van der Waals surface area contributed by atoms with Crippen molar-refractivity contribution >= 4 is 29.4 Å². The Kier molecular flexibility index (Phi) is 4.70. The van der Waals surface area contributed by atoms with Gasteiger partial charge in [-0.25, -0.2) is 5.43 Å². The summed E-state index contributed by atoms with van der Waals surface area (Å²) >= 11 is 5.89. The molecule has 2 rings (SSSR count). The highest BCUT2D eigenvalue weighted by atomic mass is 35.5. The lowest BCUT2D eigenvalue weighted by Gasteiger charge is -2.01. The standard InChI is InChI=1S/C14H10ClN3O4/c15-13-5-4-11(18(21)22)6-10(13)8-16-17-14(20)9-2-1-3-12(19)7-9/h1-8,19H,(H,17,20)/b16-8-. The average Bonchev–Trinajstić information content (AvgIpc) is 2.48. The van der Waals surface area contributed by atoms with Crippen molar-refractivity contribution < 1.29 is 14.8 Å². The number of rotatable bonds is 4. The van der Waals surface area contributed by atoms with E-state index in [4.69, 9.17) is 11.6 Å². The first-order valence-corrected chi connectivity index (χ1v) is 6.41. The Balaban J connectivity index is 2.11. The highest BCUT2D eigenvalue weighted by molar-refractivity contribution is 6.33. The number of aromatic hydroxyl groups is 1. The number of halogens is 1. The average molecular weight is 320 g/mol. The predicted octanol–water partition coefficient (Wildman–Crippen LogP) is 2.72. The van der Waals surface area contributed by atoms with E-state index in [9.17, 15) is 20.0 Å². The molecule has 2 aromatic carbocycles. The molecule has 0 radical (unpaired) electrons. The van der Waals surface area contributed by atoms with Crippen LogP contribution in [0.1, 0.15) is 15.9 Å². The summed E-state index contributed by atoms with van der Waals surface area (Å²) in [6.45, 7) is 0. The van der Waals surface area contributed by atoms with Crippen molar-refractivity contribution in [3.05, 3.63) is 68.7 Å². The molecule has 2 N–H and O–H groups in total. The molecule has 0 aromatic heterocycles. The van der Waals surface area contributed by atoms with Crippen molar-refractivity contribution in [1.29, 1.82) is 0 Å². The normalized spacial score (nSPS) is 10.6. The van der Waals surface area contributed by atoms with Crippen LogP contribution in [0.5, 0.6) is 5.75 Å². The van der Waals surface area contributed by atoms with Gasteiger partial charge in [-0.1, -0.05) is 17.7 Å². The number of phenols is 1. The van der Waals surface area contributed by atoms with Crippen LogP contribution in [-0.2, 0) is 0 Å². The zero-order valence-electron chi connectivity index (χ0n) is 11.1. The van der Waals surface area contributed by atoms with E-state index in [1.807, 2.05) is 0 Å². The van der Waals surface area contributed by atoms with Crippen molar-refractivity contribution in [2.24, 2.45) is 5.10 Å². The number of hydrogen-bond acceptors (Lipinski definition) is 5. The van der Waals surface area contributed by atoms with Gasteiger partial charge in [0.1, 0.15) is 5.75 Å². The maximum atomic E-state index is 11.8. The molecule has 112 valence electrons.